The molecule has 0 saturated heterocycles. The van der Waals surface area contributed by atoms with Crippen LogP contribution >= 0.6 is 11.6 Å². The molecule has 7 heteroatoms. The number of carbonyl (C=O) groups is 1. The molecule has 1 aliphatic rings. The number of rotatable bonds is 7. The SMILES string of the molecule is COc1ccc(/C(=C(\c2ccc(/C=C/C(=O)O)cc2)c2ccc3[nH]nc(F)c3c2)C2CC2)c(Cl)c1. The Labute approximate surface area is 206 Å². The molecule has 5 rings (SSSR count). The Hall–Kier alpha value is -3.90. The molecule has 0 radical (unpaired) electrons. The molecule has 1 fully saturated rings. The van der Waals surface area contributed by atoms with Crippen LogP contribution in [0.3, 0.4) is 0 Å². The summed E-state index contributed by atoms with van der Waals surface area (Å²) in [5.41, 5.74) is 6.12. The quantitative estimate of drug-likeness (QED) is 0.221. The van der Waals surface area contributed by atoms with Crippen molar-refractivity contribution in [2.45, 2.75) is 12.8 Å². The Morgan fingerprint density at radius 3 is 2.51 bits per heavy atom. The lowest BCUT2D eigenvalue weighted by atomic mass is 9.86. The lowest BCUT2D eigenvalue weighted by Crippen LogP contribution is -1.99. The van der Waals surface area contributed by atoms with E-state index >= 15 is 0 Å². The van der Waals surface area contributed by atoms with Crippen molar-refractivity contribution in [2.75, 3.05) is 7.11 Å². The third-order valence-corrected chi connectivity index (χ3v) is 6.46. The van der Waals surface area contributed by atoms with Gasteiger partial charge in [0.05, 0.1) is 23.0 Å². The molecule has 176 valence electrons. The molecule has 0 spiro atoms. The highest BCUT2D eigenvalue weighted by molar-refractivity contribution is 6.33. The number of hydrogen-bond acceptors (Lipinski definition) is 3. The summed E-state index contributed by atoms with van der Waals surface area (Å²) in [6.45, 7) is 0. The second kappa shape index (κ2) is 9.39. The third kappa shape index (κ3) is 4.70. The van der Waals surface area contributed by atoms with E-state index in [9.17, 15) is 9.18 Å². The molecule has 1 heterocycles. The van der Waals surface area contributed by atoms with Crippen LogP contribution in [0.5, 0.6) is 5.75 Å². The minimum atomic E-state index is -1.00. The molecule has 0 unspecified atom stereocenters. The molecule has 0 bridgehead atoms. The molecule has 1 aromatic heterocycles. The van der Waals surface area contributed by atoms with Crippen LogP contribution in [0.2, 0.25) is 5.02 Å². The lowest BCUT2D eigenvalue weighted by molar-refractivity contribution is -0.131. The van der Waals surface area contributed by atoms with Gasteiger partial charge < -0.3 is 9.84 Å². The maximum atomic E-state index is 14.4. The fourth-order valence-electron chi connectivity index (χ4n) is 4.32. The van der Waals surface area contributed by atoms with Gasteiger partial charge in [-0.3, -0.25) is 5.10 Å². The fraction of sp³-hybridized carbons (Fsp3) is 0.143. The Morgan fingerprint density at radius 2 is 1.86 bits per heavy atom. The zero-order chi connectivity index (χ0) is 24.5. The number of halogens is 2. The number of H-pyrrole nitrogens is 1. The van der Waals surface area contributed by atoms with Gasteiger partial charge in [-0.15, -0.1) is 5.10 Å². The average Bonchev–Trinajstić information content (AvgIpc) is 3.64. The van der Waals surface area contributed by atoms with E-state index in [0.717, 1.165) is 52.3 Å². The second-order valence-corrected chi connectivity index (χ2v) is 8.88. The Kier molecular flexibility index (Phi) is 6.14. The highest BCUT2D eigenvalue weighted by Gasteiger charge is 2.32. The molecular formula is C28H22ClFN2O3. The van der Waals surface area contributed by atoms with Crippen molar-refractivity contribution >= 4 is 45.7 Å². The first-order chi connectivity index (χ1) is 16.9. The van der Waals surface area contributed by atoms with Crippen LogP contribution in [0.4, 0.5) is 4.39 Å². The van der Waals surface area contributed by atoms with Crippen molar-refractivity contribution in [1.29, 1.82) is 0 Å². The van der Waals surface area contributed by atoms with Gasteiger partial charge in [0.25, 0.3) is 0 Å². The molecule has 1 aliphatic carbocycles. The number of carboxylic acids is 1. The third-order valence-electron chi connectivity index (χ3n) is 6.14. The van der Waals surface area contributed by atoms with E-state index in [1.807, 2.05) is 54.6 Å². The van der Waals surface area contributed by atoms with Crippen LogP contribution in [0.15, 0.2) is 66.7 Å². The van der Waals surface area contributed by atoms with E-state index < -0.39 is 11.9 Å². The van der Waals surface area contributed by atoms with Gasteiger partial charge in [0.15, 0.2) is 0 Å². The molecule has 35 heavy (non-hydrogen) atoms. The summed E-state index contributed by atoms with van der Waals surface area (Å²) in [6.07, 6.45) is 4.71. The average molecular weight is 489 g/mol. The van der Waals surface area contributed by atoms with Crippen molar-refractivity contribution in [3.63, 3.8) is 0 Å². The van der Waals surface area contributed by atoms with Gasteiger partial charge >= 0.3 is 5.97 Å². The lowest BCUT2D eigenvalue weighted by Gasteiger charge is -2.19. The molecule has 3 aromatic carbocycles. The summed E-state index contributed by atoms with van der Waals surface area (Å²) in [7, 11) is 1.60. The molecular weight excluding hydrogens is 467 g/mol. The topological polar surface area (TPSA) is 75.2 Å². The Bertz CT molecular complexity index is 1480. The number of benzene rings is 3. The van der Waals surface area contributed by atoms with E-state index in [1.165, 1.54) is 0 Å². The molecule has 2 N–H and O–H groups in total. The summed E-state index contributed by atoms with van der Waals surface area (Å²) >= 11 is 6.74. The monoisotopic (exact) mass is 488 g/mol. The highest BCUT2D eigenvalue weighted by Crippen LogP contribution is 2.49. The normalized spacial score (nSPS) is 14.4. The smallest absolute Gasteiger partial charge is 0.328 e. The second-order valence-electron chi connectivity index (χ2n) is 8.48. The molecule has 5 nitrogen and oxygen atoms in total. The van der Waals surface area contributed by atoms with Crippen LogP contribution in [0, 0.1) is 11.9 Å². The van der Waals surface area contributed by atoms with Gasteiger partial charge in [-0.05, 0) is 88.6 Å². The summed E-state index contributed by atoms with van der Waals surface area (Å²) in [4.78, 5) is 10.9. The van der Waals surface area contributed by atoms with Crippen LogP contribution in [-0.2, 0) is 4.79 Å². The maximum Gasteiger partial charge on any atom is 0.328 e. The number of fused-ring (bicyclic) bond motifs is 1. The maximum absolute atomic E-state index is 14.4. The molecule has 0 aliphatic heterocycles. The number of nitrogens with zero attached hydrogens (tertiary/aromatic N) is 1. The number of aliphatic carboxylic acids is 1. The Morgan fingerprint density at radius 1 is 1.11 bits per heavy atom. The summed E-state index contributed by atoms with van der Waals surface area (Å²) in [5, 5.41) is 16.3. The standard InChI is InChI=1S/C28H22ClFN2O3/c1-35-20-10-11-21(23(29)15-20)27(18-7-8-18)26(17-5-2-16(3-6-17)4-13-25(33)34)19-9-12-24-22(14-19)28(30)32-31-24/h2-6,9-15,18H,7-8H2,1H3,(H,31,32)(H,33,34)/b13-4+,27-26+. The first-order valence-electron chi connectivity index (χ1n) is 11.2. The summed E-state index contributed by atoms with van der Waals surface area (Å²) < 4.78 is 19.7. The minimum absolute atomic E-state index is 0.312. The largest absolute Gasteiger partial charge is 0.497 e. The highest BCUT2D eigenvalue weighted by atomic mass is 35.5. The number of allylic oxidation sites excluding steroid dienone is 1. The van der Waals surface area contributed by atoms with Crippen molar-refractivity contribution in [1.82, 2.24) is 10.2 Å². The van der Waals surface area contributed by atoms with Crippen molar-refractivity contribution in [2.24, 2.45) is 5.92 Å². The molecule has 1 saturated carbocycles. The number of hydrogen-bond donors (Lipinski definition) is 2. The number of methoxy groups -OCH3 is 1. The predicted octanol–water partition coefficient (Wildman–Crippen LogP) is 6.83. The van der Waals surface area contributed by atoms with E-state index in [1.54, 1.807) is 19.3 Å². The van der Waals surface area contributed by atoms with Crippen molar-refractivity contribution < 1.29 is 19.0 Å². The number of aromatic nitrogens is 2. The van der Waals surface area contributed by atoms with Gasteiger partial charge in [0, 0.05) is 6.08 Å². The zero-order valence-electron chi connectivity index (χ0n) is 18.9. The van der Waals surface area contributed by atoms with Gasteiger partial charge in [0.2, 0.25) is 5.95 Å². The van der Waals surface area contributed by atoms with Gasteiger partial charge in [-0.2, -0.15) is 4.39 Å². The predicted molar refractivity (Wildman–Crippen MR) is 136 cm³/mol. The van der Waals surface area contributed by atoms with Gasteiger partial charge in [-0.25, -0.2) is 4.79 Å². The number of nitrogens with one attached hydrogen (secondary N) is 1. The zero-order valence-corrected chi connectivity index (χ0v) is 19.6. The number of aromatic amines is 1. The van der Waals surface area contributed by atoms with E-state index in [2.05, 4.69) is 10.2 Å². The minimum Gasteiger partial charge on any atom is -0.497 e. The first-order valence-corrected chi connectivity index (χ1v) is 11.6. The van der Waals surface area contributed by atoms with Crippen LogP contribution in [0.1, 0.15) is 35.1 Å². The summed E-state index contributed by atoms with van der Waals surface area (Å²) in [6, 6.07) is 18.9. The number of ether oxygens (including phenoxy) is 1. The van der Waals surface area contributed by atoms with E-state index in [-0.39, 0.29) is 0 Å². The van der Waals surface area contributed by atoms with Crippen LogP contribution < -0.4 is 4.74 Å². The molecule has 0 atom stereocenters. The summed E-state index contributed by atoms with van der Waals surface area (Å²) in [5.74, 6) is -0.569. The first kappa shape index (κ1) is 22.9. The van der Waals surface area contributed by atoms with Gasteiger partial charge in [-0.1, -0.05) is 41.9 Å². The Balaban J connectivity index is 1.74. The molecule has 0 amide bonds. The van der Waals surface area contributed by atoms with Crippen LogP contribution in [-0.4, -0.2) is 28.4 Å². The fourth-order valence-corrected chi connectivity index (χ4v) is 4.59. The van der Waals surface area contributed by atoms with E-state index in [4.69, 9.17) is 21.4 Å². The van der Waals surface area contributed by atoms with Crippen molar-refractivity contribution in [3.8, 4) is 5.75 Å². The van der Waals surface area contributed by atoms with Crippen molar-refractivity contribution in [3.05, 3.63) is 100.0 Å². The number of carboxylic acid groups (broad SMARTS) is 1. The van der Waals surface area contributed by atoms with E-state index in [0.29, 0.717) is 27.6 Å². The molecule has 4 aromatic rings. The van der Waals surface area contributed by atoms with Gasteiger partial charge in [0.1, 0.15) is 5.75 Å². The van der Waals surface area contributed by atoms with Crippen LogP contribution in [0.25, 0.3) is 28.1 Å².